The second-order valence-electron chi connectivity index (χ2n) is 11.3. The molecule has 1 spiro atoms. The van der Waals surface area contributed by atoms with Gasteiger partial charge in [-0.3, -0.25) is 9.88 Å². The fourth-order valence-electron chi connectivity index (χ4n) is 6.43. The lowest BCUT2D eigenvalue weighted by molar-refractivity contribution is -0.185. The number of hydrogen-bond acceptors (Lipinski definition) is 6. The Kier molecular flexibility index (Phi) is 5.09. The first-order chi connectivity index (χ1) is 16.3. The predicted molar refractivity (Wildman–Crippen MR) is 129 cm³/mol. The molecule has 0 amide bonds. The molecule has 1 aromatic heterocycles. The van der Waals surface area contributed by atoms with E-state index in [4.69, 9.17) is 9.72 Å². The molecule has 6 nitrogen and oxygen atoms in total. The number of benzene rings is 1. The van der Waals surface area contributed by atoms with Crippen molar-refractivity contribution in [3.8, 4) is 0 Å². The van der Waals surface area contributed by atoms with Crippen LogP contribution in [0.15, 0.2) is 42.6 Å². The van der Waals surface area contributed by atoms with Gasteiger partial charge < -0.3 is 14.7 Å². The van der Waals surface area contributed by atoms with Gasteiger partial charge in [0.15, 0.2) is 12.0 Å². The van der Waals surface area contributed by atoms with Gasteiger partial charge in [0.05, 0.1) is 25.1 Å². The summed E-state index contributed by atoms with van der Waals surface area (Å²) in [5, 5.41) is 11.6. The van der Waals surface area contributed by atoms with Gasteiger partial charge in [-0.25, -0.2) is 9.29 Å². The third-order valence-electron chi connectivity index (χ3n) is 8.63. The number of rotatable bonds is 6. The molecular weight excluding hydrogens is 431 g/mol. The predicted octanol–water partition coefficient (Wildman–Crippen LogP) is 3.39. The van der Waals surface area contributed by atoms with Crippen LogP contribution in [0, 0.1) is 6.92 Å². The van der Waals surface area contributed by atoms with Crippen LogP contribution >= 0.6 is 0 Å². The van der Waals surface area contributed by atoms with Crippen LogP contribution in [0.2, 0.25) is 0 Å². The first-order valence-electron chi connectivity index (χ1n) is 12.4. The number of halogens is 1. The monoisotopic (exact) mass is 466 g/mol. The van der Waals surface area contributed by atoms with E-state index in [0.717, 1.165) is 29.8 Å². The summed E-state index contributed by atoms with van der Waals surface area (Å²) in [6.45, 7) is 3.12. The van der Waals surface area contributed by atoms with Gasteiger partial charge in [-0.1, -0.05) is 30.3 Å². The minimum absolute atomic E-state index is 0.0977. The molecule has 0 bridgehead atoms. The first-order valence-corrected chi connectivity index (χ1v) is 12.4. The highest BCUT2D eigenvalue weighted by Gasteiger charge is 2.66. The van der Waals surface area contributed by atoms with Gasteiger partial charge in [-0.05, 0) is 63.9 Å². The van der Waals surface area contributed by atoms with Crippen molar-refractivity contribution in [2.75, 3.05) is 45.3 Å². The molecule has 2 aliphatic heterocycles. The zero-order valence-electron chi connectivity index (χ0n) is 20.4. The molecule has 7 heteroatoms. The summed E-state index contributed by atoms with van der Waals surface area (Å²) in [4.78, 5) is 11.1. The maximum Gasteiger partial charge on any atom is 0.187 e. The number of aromatic nitrogens is 1. The standard InChI is InChI=1S/C27H35FN4O2/c1-19-11-22(20-9-10-20)29-12-23(19)31-16-26(32(24(31)33)15-25(28)17-34-18-25)13-27(14-26,30(2)3)21-7-5-4-6-8-21/h4-8,11-12,20,24,33H,9-10,13-18H2,1-3H3. The van der Waals surface area contributed by atoms with E-state index in [1.165, 1.54) is 18.4 Å². The molecule has 2 aromatic rings. The van der Waals surface area contributed by atoms with Crippen molar-refractivity contribution < 1.29 is 14.2 Å². The third kappa shape index (κ3) is 3.40. The van der Waals surface area contributed by atoms with Crippen LogP contribution in [0.3, 0.4) is 0 Å². The molecule has 2 saturated carbocycles. The van der Waals surface area contributed by atoms with E-state index >= 15 is 4.39 Å². The maximum absolute atomic E-state index is 15.3. The normalized spacial score (nSPS) is 32.8. The quantitative estimate of drug-likeness (QED) is 0.705. The Balaban J connectivity index is 1.34. The number of hydrogen-bond donors (Lipinski definition) is 1. The Morgan fingerprint density at radius 1 is 1.18 bits per heavy atom. The number of aliphatic hydroxyl groups excluding tert-OH is 1. The smallest absolute Gasteiger partial charge is 0.187 e. The van der Waals surface area contributed by atoms with Gasteiger partial charge in [0.2, 0.25) is 0 Å². The van der Waals surface area contributed by atoms with E-state index in [2.05, 4.69) is 56.3 Å². The van der Waals surface area contributed by atoms with Crippen molar-refractivity contribution >= 4 is 5.69 Å². The molecule has 4 aliphatic rings. The average Bonchev–Trinajstić information content (AvgIpc) is 3.58. The number of ether oxygens (including phenoxy) is 1. The average molecular weight is 467 g/mol. The van der Waals surface area contributed by atoms with Crippen molar-refractivity contribution in [1.29, 1.82) is 0 Å². The Bertz CT molecular complexity index is 1060. The second kappa shape index (κ2) is 7.72. The summed E-state index contributed by atoms with van der Waals surface area (Å²) in [7, 11) is 4.24. The minimum atomic E-state index is -1.41. The zero-order valence-corrected chi connectivity index (χ0v) is 20.4. The number of pyridine rings is 1. The molecule has 34 heavy (non-hydrogen) atoms. The second-order valence-corrected chi connectivity index (χ2v) is 11.3. The molecule has 2 aliphatic carbocycles. The topological polar surface area (TPSA) is 52.1 Å². The van der Waals surface area contributed by atoms with Crippen molar-refractivity contribution in [3.63, 3.8) is 0 Å². The SMILES string of the molecule is Cc1cc(C2CC2)ncc1N1CC2(CC(c3ccccc3)(N(C)C)C2)N(CC2(F)COC2)C1O. The van der Waals surface area contributed by atoms with Crippen molar-refractivity contribution in [2.45, 2.75) is 61.6 Å². The van der Waals surface area contributed by atoms with E-state index in [0.29, 0.717) is 12.5 Å². The number of aryl methyl sites for hydroxylation is 1. The molecule has 182 valence electrons. The number of nitrogens with zero attached hydrogens (tertiary/aromatic N) is 4. The minimum Gasteiger partial charge on any atom is -0.375 e. The number of aliphatic hydroxyl groups is 1. The van der Waals surface area contributed by atoms with E-state index in [1.54, 1.807) is 0 Å². The summed E-state index contributed by atoms with van der Waals surface area (Å²) in [5.74, 6) is 0.585. The lowest BCUT2D eigenvalue weighted by Crippen LogP contribution is -2.70. The molecule has 1 atom stereocenters. The first kappa shape index (κ1) is 22.4. The lowest BCUT2D eigenvalue weighted by Gasteiger charge is -2.61. The fraction of sp³-hybridized carbons (Fsp3) is 0.593. The van der Waals surface area contributed by atoms with Crippen LogP contribution in [-0.4, -0.2) is 77.8 Å². The van der Waals surface area contributed by atoms with E-state index < -0.39 is 12.0 Å². The Hall–Kier alpha value is -2.06. The Morgan fingerprint density at radius 3 is 2.44 bits per heavy atom. The molecule has 2 saturated heterocycles. The highest BCUT2D eigenvalue weighted by atomic mass is 19.1. The van der Waals surface area contributed by atoms with Crippen LogP contribution in [0.4, 0.5) is 10.1 Å². The van der Waals surface area contributed by atoms with E-state index in [-0.39, 0.29) is 30.8 Å². The summed E-state index contributed by atoms with van der Waals surface area (Å²) >= 11 is 0. The molecule has 1 N–H and O–H groups in total. The van der Waals surface area contributed by atoms with Crippen LogP contribution in [0.25, 0.3) is 0 Å². The van der Waals surface area contributed by atoms with Crippen LogP contribution in [0.5, 0.6) is 0 Å². The molecule has 1 aromatic carbocycles. The molecule has 0 radical (unpaired) electrons. The summed E-state index contributed by atoms with van der Waals surface area (Å²) < 4.78 is 20.6. The van der Waals surface area contributed by atoms with Crippen molar-refractivity contribution in [3.05, 3.63) is 59.4 Å². The molecule has 4 fully saturated rings. The third-order valence-corrected chi connectivity index (χ3v) is 8.63. The van der Waals surface area contributed by atoms with Gasteiger partial charge in [0.1, 0.15) is 0 Å². The highest BCUT2D eigenvalue weighted by molar-refractivity contribution is 5.55. The summed E-state index contributed by atoms with van der Waals surface area (Å²) in [6.07, 6.45) is 5.10. The van der Waals surface area contributed by atoms with Crippen LogP contribution in [0.1, 0.15) is 48.4 Å². The van der Waals surface area contributed by atoms with E-state index in [9.17, 15) is 5.11 Å². The van der Waals surface area contributed by atoms with Crippen molar-refractivity contribution in [1.82, 2.24) is 14.8 Å². The fourth-order valence-corrected chi connectivity index (χ4v) is 6.43. The molecule has 1 unspecified atom stereocenters. The van der Waals surface area contributed by atoms with Gasteiger partial charge in [-0.2, -0.15) is 0 Å². The Morgan fingerprint density at radius 2 is 1.88 bits per heavy atom. The number of anilines is 1. The summed E-state index contributed by atoms with van der Waals surface area (Å²) in [5.41, 5.74) is 2.61. The number of alkyl halides is 1. The largest absolute Gasteiger partial charge is 0.375 e. The van der Waals surface area contributed by atoms with E-state index in [1.807, 2.05) is 22.1 Å². The van der Waals surface area contributed by atoms with Crippen LogP contribution in [-0.2, 0) is 10.3 Å². The molecular formula is C27H35FN4O2. The van der Waals surface area contributed by atoms with Gasteiger partial charge >= 0.3 is 0 Å². The van der Waals surface area contributed by atoms with Gasteiger partial charge in [0.25, 0.3) is 0 Å². The molecule has 6 rings (SSSR count). The molecule has 3 heterocycles. The summed E-state index contributed by atoms with van der Waals surface area (Å²) in [6, 6.07) is 12.7. The zero-order chi connectivity index (χ0) is 23.7. The van der Waals surface area contributed by atoms with Gasteiger partial charge in [-0.15, -0.1) is 0 Å². The highest BCUT2D eigenvalue weighted by Crippen LogP contribution is 2.58. The van der Waals surface area contributed by atoms with Crippen molar-refractivity contribution in [2.24, 2.45) is 0 Å². The Labute approximate surface area is 201 Å². The van der Waals surface area contributed by atoms with Crippen LogP contribution < -0.4 is 4.90 Å². The maximum atomic E-state index is 15.3. The lowest BCUT2D eigenvalue weighted by atomic mass is 9.58. The van der Waals surface area contributed by atoms with Gasteiger partial charge in [0, 0.05) is 35.8 Å².